The molecule has 1 saturated heterocycles. The van der Waals surface area contributed by atoms with Crippen molar-refractivity contribution in [3.63, 3.8) is 0 Å². The Hall–Kier alpha value is -3.13. The Bertz CT molecular complexity index is 895. The molecule has 0 amide bonds. The van der Waals surface area contributed by atoms with Crippen molar-refractivity contribution in [3.05, 3.63) is 59.4 Å². The van der Waals surface area contributed by atoms with E-state index in [2.05, 4.69) is 4.90 Å². The molecule has 0 radical (unpaired) electrons. The van der Waals surface area contributed by atoms with Crippen LogP contribution in [0.5, 0.6) is 11.5 Å². The van der Waals surface area contributed by atoms with Gasteiger partial charge in [-0.15, -0.1) is 0 Å². The molecule has 6 N–H and O–H groups in total. The fourth-order valence-electron chi connectivity index (χ4n) is 3.60. The molecule has 8 heteroatoms. The quantitative estimate of drug-likeness (QED) is 0.264. The number of hydrogen-bond acceptors (Lipinski definition) is 5. The van der Waals surface area contributed by atoms with Crippen molar-refractivity contribution in [2.45, 2.75) is 19.3 Å². The second-order valence-corrected chi connectivity index (χ2v) is 7.79. The van der Waals surface area contributed by atoms with Gasteiger partial charge in [-0.25, -0.2) is 4.39 Å². The van der Waals surface area contributed by atoms with E-state index in [-0.39, 0.29) is 17.2 Å². The molecule has 0 aromatic heterocycles. The summed E-state index contributed by atoms with van der Waals surface area (Å²) in [5, 5.41) is 14.7. The van der Waals surface area contributed by atoms with Crippen molar-refractivity contribution < 1.29 is 13.9 Å². The molecular weight excluding hydrogens is 397 g/mol. The largest absolute Gasteiger partial charge is 0.494 e. The first-order valence-electron chi connectivity index (χ1n) is 10.5. The van der Waals surface area contributed by atoms with Gasteiger partial charge in [0.15, 0.2) is 0 Å². The second-order valence-electron chi connectivity index (χ2n) is 7.79. The van der Waals surface area contributed by atoms with Crippen molar-refractivity contribution in [1.29, 1.82) is 10.8 Å². The van der Waals surface area contributed by atoms with Crippen LogP contribution in [0.1, 0.15) is 30.4 Å². The standard InChI is InChI=1S/C23H30FN5O2/c24-21-14-19(6-7-20(21)23(27)28)31-15-16-8-11-29(12-9-16)10-1-13-30-18-4-2-17(3-5-18)22(25)26/h2-7,14,16H,1,8-13,15H2,(H3,25,26)(H3,27,28). The van der Waals surface area contributed by atoms with Gasteiger partial charge in [-0.1, -0.05) is 0 Å². The van der Waals surface area contributed by atoms with Crippen LogP contribution in [0, 0.1) is 22.6 Å². The fourth-order valence-corrected chi connectivity index (χ4v) is 3.60. The molecule has 0 spiro atoms. The van der Waals surface area contributed by atoms with Crippen molar-refractivity contribution in [2.24, 2.45) is 17.4 Å². The van der Waals surface area contributed by atoms with Crippen molar-refractivity contribution in [2.75, 3.05) is 32.8 Å². The number of nitrogens with one attached hydrogen (secondary N) is 2. The highest BCUT2D eigenvalue weighted by Gasteiger charge is 2.19. The molecule has 2 aromatic carbocycles. The molecular formula is C23H30FN5O2. The molecule has 0 atom stereocenters. The predicted molar refractivity (Wildman–Crippen MR) is 120 cm³/mol. The lowest BCUT2D eigenvalue weighted by atomic mass is 9.97. The lowest BCUT2D eigenvalue weighted by molar-refractivity contribution is 0.135. The number of piperidine rings is 1. The molecule has 1 fully saturated rings. The Labute approximate surface area is 182 Å². The van der Waals surface area contributed by atoms with E-state index in [1.807, 2.05) is 12.1 Å². The number of rotatable bonds is 10. The van der Waals surface area contributed by atoms with Crippen LogP contribution < -0.4 is 20.9 Å². The van der Waals surface area contributed by atoms with Crippen molar-refractivity contribution in [3.8, 4) is 11.5 Å². The lowest BCUT2D eigenvalue weighted by Crippen LogP contribution is -2.36. The fraction of sp³-hybridized carbons (Fsp3) is 0.391. The number of amidine groups is 2. The van der Waals surface area contributed by atoms with Gasteiger partial charge in [-0.05, 0) is 74.7 Å². The minimum Gasteiger partial charge on any atom is -0.494 e. The van der Waals surface area contributed by atoms with Crippen LogP contribution in [0.2, 0.25) is 0 Å². The number of nitrogen functional groups attached to an aromatic ring is 2. The van der Waals surface area contributed by atoms with Gasteiger partial charge in [0.1, 0.15) is 29.0 Å². The van der Waals surface area contributed by atoms with Gasteiger partial charge in [0.25, 0.3) is 0 Å². The van der Waals surface area contributed by atoms with Gasteiger partial charge in [0, 0.05) is 18.2 Å². The third-order valence-corrected chi connectivity index (χ3v) is 5.48. The van der Waals surface area contributed by atoms with Crippen LogP contribution in [0.3, 0.4) is 0 Å². The summed E-state index contributed by atoms with van der Waals surface area (Å²) < 4.78 is 25.4. The summed E-state index contributed by atoms with van der Waals surface area (Å²) in [5.41, 5.74) is 11.6. The molecule has 3 rings (SSSR count). The highest BCUT2D eigenvalue weighted by Crippen LogP contribution is 2.21. The maximum atomic E-state index is 13.9. The normalized spacial score (nSPS) is 14.9. The van der Waals surface area contributed by atoms with Crippen molar-refractivity contribution >= 4 is 11.7 Å². The monoisotopic (exact) mass is 427 g/mol. The number of hydrogen-bond donors (Lipinski definition) is 4. The Balaban J connectivity index is 1.31. The number of nitrogens with two attached hydrogens (primary N) is 2. The lowest BCUT2D eigenvalue weighted by Gasteiger charge is -2.31. The Morgan fingerprint density at radius 1 is 0.968 bits per heavy atom. The zero-order valence-corrected chi connectivity index (χ0v) is 17.6. The SMILES string of the molecule is N=C(N)c1ccc(OCCCN2CCC(COc3ccc(C(=N)N)c(F)c3)CC2)cc1. The number of ether oxygens (including phenoxy) is 2. The van der Waals surface area contributed by atoms with E-state index in [1.54, 1.807) is 18.2 Å². The molecule has 1 aliphatic rings. The minimum absolute atomic E-state index is 0.0541. The summed E-state index contributed by atoms with van der Waals surface area (Å²) >= 11 is 0. The molecule has 0 saturated carbocycles. The average molecular weight is 428 g/mol. The third kappa shape index (κ3) is 6.68. The summed E-state index contributed by atoms with van der Waals surface area (Å²) in [6.45, 7) is 4.21. The molecule has 0 unspecified atom stereocenters. The Morgan fingerprint density at radius 2 is 1.65 bits per heavy atom. The summed E-state index contributed by atoms with van der Waals surface area (Å²) in [4.78, 5) is 2.43. The first kappa shape index (κ1) is 22.6. The smallest absolute Gasteiger partial charge is 0.137 e. The van der Waals surface area contributed by atoms with E-state index < -0.39 is 5.82 Å². The van der Waals surface area contributed by atoms with Crippen LogP contribution in [0.4, 0.5) is 4.39 Å². The molecule has 2 aromatic rings. The van der Waals surface area contributed by atoms with E-state index in [0.717, 1.165) is 44.6 Å². The highest BCUT2D eigenvalue weighted by atomic mass is 19.1. The van der Waals surface area contributed by atoms with Crippen LogP contribution in [-0.2, 0) is 0 Å². The van der Waals surface area contributed by atoms with Crippen LogP contribution in [-0.4, -0.2) is 49.4 Å². The summed E-state index contributed by atoms with van der Waals surface area (Å²) in [6.07, 6.45) is 3.03. The Morgan fingerprint density at radius 3 is 2.26 bits per heavy atom. The molecule has 1 aliphatic heterocycles. The maximum absolute atomic E-state index is 13.9. The Kier molecular flexibility index (Phi) is 7.83. The van der Waals surface area contributed by atoms with E-state index in [4.69, 9.17) is 31.8 Å². The van der Waals surface area contributed by atoms with Gasteiger partial charge in [-0.2, -0.15) is 0 Å². The highest BCUT2D eigenvalue weighted by molar-refractivity contribution is 5.95. The van der Waals surface area contributed by atoms with Gasteiger partial charge in [0.2, 0.25) is 0 Å². The van der Waals surface area contributed by atoms with Gasteiger partial charge < -0.3 is 25.8 Å². The minimum atomic E-state index is -0.531. The zero-order valence-electron chi connectivity index (χ0n) is 17.6. The summed E-state index contributed by atoms with van der Waals surface area (Å²) in [7, 11) is 0. The second kappa shape index (κ2) is 10.8. The molecule has 31 heavy (non-hydrogen) atoms. The number of likely N-dealkylation sites (tertiary alicyclic amines) is 1. The molecule has 0 bridgehead atoms. The van der Waals surface area contributed by atoms with E-state index in [0.29, 0.717) is 30.4 Å². The summed E-state index contributed by atoms with van der Waals surface area (Å²) in [5.74, 6) is 0.942. The average Bonchev–Trinajstić information content (AvgIpc) is 2.76. The predicted octanol–water partition coefficient (Wildman–Crippen LogP) is 2.95. The van der Waals surface area contributed by atoms with Gasteiger partial charge >= 0.3 is 0 Å². The zero-order chi connectivity index (χ0) is 22.2. The topological polar surface area (TPSA) is 121 Å². The summed E-state index contributed by atoms with van der Waals surface area (Å²) in [6, 6.07) is 11.7. The van der Waals surface area contributed by atoms with Crippen LogP contribution in [0.15, 0.2) is 42.5 Å². The number of halogens is 1. The third-order valence-electron chi connectivity index (χ3n) is 5.48. The first-order chi connectivity index (χ1) is 14.9. The molecule has 166 valence electrons. The van der Waals surface area contributed by atoms with Crippen LogP contribution in [0.25, 0.3) is 0 Å². The van der Waals surface area contributed by atoms with Crippen molar-refractivity contribution in [1.82, 2.24) is 4.90 Å². The van der Waals surface area contributed by atoms with Crippen LogP contribution >= 0.6 is 0 Å². The molecule has 7 nitrogen and oxygen atoms in total. The maximum Gasteiger partial charge on any atom is 0.137 e. The number of nitrogens with zero attached hydrogens (tertiary/aromatic N) is 1. The molecule has 1 heterocycles. The van der Waals surface area contributed by atoms with E-state index in [1.165, 1.54) is 12.1 Å². The van der Waals surface area contributed by atoms with E-state index in [9.17, 15) is 4.39 Å². The van der Waals surface area contributed by atoms with Gasteiger partial charge in [-0.3, -0.25) is 10.8 Å². The first-order valence-corrected chi connectivity index (χ1v) is 10.5. The number of benzene rings is 2. The van der Waals surface area contributed by atoms with Gasteiger partial charge in [0.05, 0.1) is 18.8 Å². The molecule has 0 aliphatic carbocycles. The van der Waals surface area contributed by atoms with E-state index >= 15 is 0 Å².